The van der Waals surface area contributed by atoms with Crippen molar-refractivity contribution in [2.45, 2.75) is 19.4 Å². The molecule has 0 aromatic heterocycles. The van der Waals surface area contributed by atoms with Crippen molar-refractivity contribution in [2.24, 2.45) is 0 Å². The molecule has 0 bridgehead atoms. The summed E-state index contributed by atoms with van der Waals surface area (Å²) in [5.41, 5.74) is 3.16. The second kappa shape index (κ2) is 5.50. The number of ether oxygens (including phenoxy) is 2. The second-order valence-electron chi connectivity index (χ2n) is 5.82. The van der Waals surface area contributed by atoms with Gasteiger partial charge < -0.3 is 19.7 Å². The van der Waals surface area contributed by atoms with E-state index in [1.165, 1.54) is 5.56 Å². The lowest BCUT2D eigenvalue weighted by Crippen LogP contribution is -2.41. The molecule has 0 saturated carbocycles. The zero-order valence-electron chi connectivity index (χ0n) is 12.9. The van der Waals surface area contributed by atoms with E-state index in [1.807, 2.05) is 54.3 Å². The van der Waals surface area contributed by atoms with Crippen LogP contribution in [0.1, 0.15) is 24.1 Å². The van der Waals surface area contributed by atoms with Crippen LogP contribution >= 0.6 is 0 Å². The molecule has 4 rings (SSSR count). The highest BCUT2D eigenvalue weighted by molar-refractivity contribution is 5.89. The molecule has 23 heavy (non-hydrogen) atoms. The van der Waals surface area contributed by atoms with E-state index in [1.54, 1.807) is 0 Å². The summed E-state index contributed by atoms with van der Waals surface area (Å²) in [5, 5.41) is 2.96. The summed E-state index contributed by atoms with van der Waals surface area (Å²) < 4.78 is 10.9. The Bertz CT molecular complexity index is 745. The average Bonchev–Trinajstić information content (AvgIpc) is 3.02. The number of amides is 2. The van der Waals surface area contributed by atoms with Crippen LogP contribution in [0.5, 0.6) is 11.5 Å². The number of nitrogens with zero attached hydrogens (tertiary/aromatic N) is 1. The maximum absolute atomic E-state index is 12.6. The van der Waals surface area contributed by atoms with Crippen molar-refractivity contribution in [2.75, 3.05) is 18.7 Å². The van der Waals surface area contributed by atoms with Crippen molar-refractivity contribution in [1.82, 2.24) is 4.90 Å². The maximum atomic E-state index is 12.6. The summed E-state index contributed by atoms with van der Waals surface area (Å²) in [6.07, 6.45) is 0.818. The molecule has 2 heterocycles. The predicted octanol–water partition coefficient (Wildman–Crippen LogP) is 3.57. The minimum absolute atomic E-state index is 0.00281. The molecule has 118 valence electrons. The molecule has 2 amide bonds. The molecule has 0 fully saturated rings. The van der Waals surface area contributed by atoms with E-state index in [0.717, 1.165) is 29.2 Å². The fourth-order valence-corrected chi connectivity index (χ4v) is 3.20. The number of nitrogens with one attached hydrogen (secondary N) is 1. The Morgan fingerprint density at radius 3 is 2.70 bits per heavy atom. The van der Waals surface area contributed by atoms with Gasteiger partial charge in [-0.15, -0.1) is 0 Å². The van der Waals surface area contributed by atoms with E-state index in [-0.39, 0.29) is 18.9 Å². The summed E-state index contributed by atoms with van der Waals surface area (Å²) >= 11 is 0. The maximum Gasteiger partial charge on any atom is 0.322 e. The van der Waals surface area contributed by atoms with E-state index >= 15 is 0 Å². The normalized spacial score (nSPS) is 18.5. The first-order valence-corrected chi connectivity index (χ1v) is 7.77. The molecule has 2 aromatic carbocycles. The van der Waals surface area contributed by atoms with Crippen molar-refractivity contribution in [3.8, 4) is 11.5 Å². The molecular formula is C18H18N2O3. The van der Waals surface area contributed by atoms with Crippen LogP contribution in [0.3, 0.4) is 0 Å². The number of urea groups is 1. The molecule has 0 spiro atoms. The van der Waals surface area contributed by atoms with Crippen LogP contribution in [0.25, 0.3) is 0 Å². The molecule has 0 aliphatic carbocycles. The highest BCUT2D eigenvalue weighted by Gasteiger charge is 2.30. The minimum Gasteiger partial charge on any atom is -0.454 e. The zero-order valence-corrected chi connectivity index (χ0v) is 12.9. The topological polar surface area (TPSA) is 50.8 Å². The molecule has 2 aliphatic heterocycles. The van der Waals surface area contributed by atoms with Crippen LogP contribution in [0, 0.1) is 0 Å². The average molecular weight is 310 g/mol. The van der Waals surface area contributed by atoms with Gasteiger partial charge in [0.2, 0.25) is 6.79 Å². The quantitative estimate of drug-likeness (QED) is 0.876. The zero-order chi connectivity index (χ0) is 15.8. The van der Waals surface area contributed by atoms with Crippen LogP contribution in [0.15, 0.2) is 42.5 Å². The van der Waals surface area contributed by atoms with E-state index in [4.69, 9.17) is 9.47 Å². The number of para-hydroxylation sites is 1. The standard InChI is InChI=1S/C18H18N2O3/c1-12-15-10-17-16(22-11-23-17)9-13(15)7-8-20(12)18(21)19-14-5-3-2-4-6-14/h2-6,9-10,12H,7-8,11H2,1H3,(H,19,21). The molecule has 1 atom stereocenters. The van der Waals surface area contributed by atoms with E-state index in [2.05, 4.69) is 5.32 Å². The SMILES string of the molecule is CC1c2cc3c(cc2CCN1C(=O)Nc1ccccc1)OCO3. The van der Waals surface area contributed by atoms with Gasteiger partial charge in [-0.2, -0.15) is 0 Å². The summed E-state index contributed by atoms with van der Waals surface area (Å²) in [6.45, 7) is 3.00. The van der Waals surface area contributed by atoms with Gasteiger partial charge in [-0.05, 0) is 48.7 Å². The Balaban J connectivity index is 1.57. The van der Waals surface area contributed by atoms with E-state index in [9.17, 15) is 4.79 Å². The monoisotopic (exact) mass is 310 g/mol. The third-order valence-corrected chi connectivity index (χ3v) is 4.46. The van der Waals surface area contributed by atoms with Gasteiger partial charge in [-0.3, -0.25) is 0 Å². The molecule has 0 saturated heterocycles. The highest BCUT2D eigenvalue weighted by Crippen LogP contribution is 2.40. The lowest BCUT2D eigenvalue weighted by atomic mass is 9.93. The van der Waals surface area contributed by atoms with Gasteiger partial charge in [0.05, 0.1) is 6.04 Å². The Morgan fingerprint density at radius 1 is 1.17 bits per heavy atom. The molecule has 0 radical (unpaired) electrons. The molecule has 5 heteroatoms. The first-order valence-electron chi connectivity index (χ1n) is 7.77. The van der Waals surface area contributed by atoms with Crippen molar-refractivity contribution < 1.29 is 14.3 Å². The molecule has 2 aromatic rings. The summed E-state index contributed by atoms with van der Waals surface area (Å²) in [6, 6.07) is 13.5. The van der Waals surface area contributed by atoms with Crippen molar-refractivity contribution in [3.63, 3.8) is 0 Å². The summed E-state index contributed by atoms with van der Waals surface area (Å²) in [5.74, 6) is 1.57. The van der Waals surface area contributed by atoms with Crippen molar-refractivity contribution in [1.29, 1.82) is 0 Å². The Kier molecular flexibility index (Phi) is 3.33. The van der Waals surface area contributed by atoms with Crippen molar-refractivity contribution >= 4 is 11.7 Å². The highest BCUT2D eigenvalue weighted by atomic mass is 16.7. The Morgan fingerprint density at radius 2 is 1.91 bits per heavy atom. The number of hydrogen-bond acceptors (Lipinski definition) is 3. The second-order valence-corrected chi connectivity index (χ2v) is 5.82. The number of carbonyl (C=O) groups is 1. The van der Waals surface area contributed by atoms with Gasteiger partial charge in [-0.1, -0.05) is 18.2 Å². The summed E-state index contributed by atoms with van der Waals surface area (Å²) in [4.78, 5) is 14.4. The fraction of sp³-hybridized carbons (Fsp3) is 0.278. The molecule has 5 nitrogen and oxygen atoms in total. The van der Waals surface area contributed by atoms with Gasteiger partial charge >= 0.3 is 6.03 Å². The number of anilines is 1. The Hall–Kier alpha value is -2.69. The van der Waals surface area contributed by atoms with Crippen LogP contribution in [-0.4, -0.2) is 24.3 Å². The van der Waals surface area contributed by atoms with Gasteiger partial charge in [0, 0.05) is 12.2 Å². The smallest absolute Gasteiger partial charge is 0.322 e. The lowest BCUT2D eigenvalue weighted by molar-refractivity contribution is 0.173. The van der Waals surface area contributed by atoms with E-state index in [0.29, 0.717) is 6.54 Å². The third-order valence-electron chi connectivity index (χ3n) is 4.46. The predicted molar refractivity (Wildman–Crippen MR) is 86.9 cm³/mol. The first-order chi connectivity index (χ1) is 11.2. The molecule has 2 aliphatic rings. The molecule has 1 N–H and O–H groups in total. The Labute approximate surface area is 134 Å². The van der Waals surface area contributed by atoms with Crippen molar-refractivity contribution in [3.05, 3.63) is 53.6 Å². The molecule has 1 unspecified atom stereocenters. The summed E-state index contributed by atoms with van der Waals surface area (Å²) in [7, 11) is 0. The van der Waals surface area contributed by atoms with Gasteiger partial charge in [-0.25, -0.2) is 4.79 Å². The van der Waals surface area contributed by atoms with Crippen LogP contribution in [0.4, 0.5) is 10.5 Å². The first kappa shape index (κ1) is 13.9. The van der Waals surface area contributed by atoms with Gasteiger partial charge in [0.1, 0.15) is 0 Å². The number of carbonyl (C=O) groups excluding carboxylic acids is 1. The molecular weight excluding hydrogens is 292 g/mol. The van der Waals surface area contributed by atoms with Crippen LogP contribution < -0.4 is 14.8 Å². The fourth-order valence-electron chi connectivity index (χ4n) is 3.20. The minimum atomic E-state index is -0.0768. The van der Waals surface area contributed by atoms with E-state index < -0.39 is 0 Å². The number of fused-ring (bicyclic) bond motifs is 2. The van der Waals surface area contributed by atoms with Gasteiger partial charge in [0.15, 0.2) is 11.5 Å². The van der Waals surface area contributed by atoms with Gasteiger partial charge in [0.25, 0.3) is 0 Å². The largest absolute Gasteiger partial charge is 0.454 e. The number of hydrogen-bond donors (Lipinski definition) is 1. The number of rotatable bonds is 1. The lowest BCUT2D eigenvalue weighted by Gasteiger charge is -2.35. The van der Waals surface area contributed by atoms with Crippen LogP contribution in [0.2, 0.25) is 0 Å². The number of benzene rings is 2. The van der Waals surface area contributed by atoms with Crippen LogP contribution in [-0.2, 0) is 6.42 Å². The third kappa shape index (κ3) is 2.48.